The summed E-state index contributed by atoms with van der Waals surface area (Å²) >= 11 is 0. The Balaban J connectivity index is 2.19. The van der Waals surface area contributed by atoms with Gasteiger partial charge in [-0.2, -0.15) is 0 Å². The minimum atomic E-state index is -5.20. The predicted octanol–water partition coefficient (Wildman–Crippen LogP) is 2.92. The van der Waals surface area contributed by atoms with E-state index in [0.29, 0.717) is 43.7 Å². The Morgan fingerprint density at radius 1 is 1.15 bits per heavy atom. The van der Waals surface area contributed by atoms with E-state index in [1.807, 2.05) is 0 Å². The van der Waals surface area contributed by atoms with Gasteiger partial charge in [0.05, 0.1) is 0 Å². The first-order valence-electron chi connectivity index (χ1n) is 8.45. The van der Waals surface area contributed by atoms with Gasteiger partial charge in [-0.25, -0.2) is 4.79 Å². The van der Waals surface area contributed by atoms with Crippen LogP contribution in [-0.4, -0.2) is 56.0 Å². The fraction of sp³-hybridized carbons (Fsp3) is 0.529. The van der Waals surface area contributed by atoms with E-state index in [9.17, 15) is 22.5 Å². The predicted molar refractivity (Wildman–Crippen MR) is 95.3 cm³/mol. The Labute approximate surface area is 151 Å². The third kappa shape index (κ3) is 4.71. The molecule has 0 saturated carbocycles. The number of halogens is 3. The van der Waals surface area contributed by atoms with Crippen molar-refractivity contribution in [3.63, 3.8) is 0 Å². The van der Waals surface area contributed by atoms with Crippen molar-refractivity contribution in [1.82, 2.24) is 4.90 Å². The summed E-state index contributed by atoms with van der Waals surface area (Å²) in [6.07, 6.45) is 0.0102. The lowest BCUT2D eigenvalue weighted by Gasteiger charge is -2.38. The molecule has 0 aromatic heterocycles. The average Bonchev–Trinajstić information content (AvgIpc) is 2.52. The monoisotopic (exact) mass is 371 g/mol. The molecule has 0 radical (unpaired) electrons. The first-order chi connectivity index (χ1) is 11.9. The van der Waals surface area contributed by atoms with E-state index in [1.165, 1.54) is 4.90 Å². The van der Waals surface area contributed by atoms with Gasteiger partial charge in [-0.1, -0.05) is 12.1 Å². The van der Waals surface area contributed by atoms with Crippen molar-refractivity contribution in [2.75, 3.05) is 31.1 Å². The molecule has 2 rings (SSSR count). The number of hydrogen-bond donors (Lipinski definition) is 0. The van der Waals surface area contributed by atoms with Crippen LogP contribution in [0, 0.1) is 6.92 Å². The van der Waals surface area contributed by atoms with Crippen LogP contribution in [0.25, 0.3) is 0 Å². The molecule has 144 valence electrons. The molecule has 1 amide bonds. The lowest BCUT2D eigenvalue weighted by atomic mass is 9.78. The van der Waals surface area contributed by atoms with E-state index < -0.39 is 24.1 Å². The quantitative estimate of drug-likeness (QED) is 0.606. The molecule has 0 unspecified atom stereocenters. The van der Waals surface area contributed by atoms with E-state index in [0.717, 1.165) is 12.1 Å². The van der Waals surface area contributed by atoms with E-state index in [1.54, 1.807) is 32.6 Å². The second-order valence-corrected chi connectivity index (χ2v) is 7.40. The Kier molecular flexibility index (Phi) is 5.58. The average molecular weight is 371 g/mol. The van der Waals surface area contributed by atoms with Crippen LogP contribution in [-0.2, 0) is 4.74 Å². The summed E-state index contributed by atoms with van der Waals surface area (Å²) in [5.74, 6) is 0. The molecule has 1 aromatic rings. The Hall–Kier alpha value is -2.19. The molecule has 1 aliphatic rings. The van der Waals surface area contributed by atoms with Gasteiger partial charge in [0.2, 0.25) is 0 Å². The van der Waals surface area contributed by atoms with Gasteiger partial charge in [0.25, 0.3) is 0 Å². The molecule has 26 heavy (non-hydrogen) atoms. The van der Waals surface area contributed by atoms with Crippen molar-refractivity contribution >= 4 is 30.5 Å². The molecule has 0 N–H and O–H groups in total. The molecule has 1 heterocycles. The molecule has 0 aliphatic carbocycles. The highest BCUT2D eigenvalue weighted by Crippen LogP contribution is 2.25. The van der Waals surface area contributed by atoms with Gasteiger partial charge in [0, 0.05) is 37.4 Å². The van der Waals surface area contributed by atoms with E-state index in [-0.39, 0.29) is 5.56 Å². The number of amides is 1. The number of carbonyl (C=O) groups excluding carboxylic acids is 2. The van der Waals surface area contributed by atoms with E-state index in [4.69, 9.17) is 4.74 Å². The zero-order valence-corrected chi connectivity index (χ0v) is 15.4. The summed E-state index contributed by atoms with van der Waals surface area (Å²) in [5, 5.41) is 0. The maximum Gasteiger partial charge on any atom is 0.509 e. The first-order valence-corrected chi connectivity index (χ1v) is 8.45. The van der Waals surface area contributed by atoms with Gasteiger partial charge in [0.1, 0.15) is 11.9 Å². The second kappa shape index (κ2) is 7.21. The molecule has 5 nitrogen and oxygen atoms in total. The summed E-state index contributed by atoms with van der Waals surface area (Å²) in [5.41, 5.74) is -0.469. The number of nitrogens with zero attached hydrogens (tertiary/aromatic N) is 2. The summed E-state index contributed by atoms with van der Waals surface area (Å²) in [4.78, 5) is 26.6. The number of aldehydes is 1. The zero-order valence-electron chi connectivity index (χ0n) is 15.4. The van der Waals surface area contributed by atoms with Crippen LogP contribution in [0.1, 0.15) is 36.7 Å². The van der Waals surface area contributed by atoms with Gasteiger partial charge < -0.3 is 27.5 Å². The topological polar surface area (TPSA) is 49.9 Å². The van der Waals surface area contributed by atoms with Crippen molar-refractivity contribution in [1.29, 1.82) is 0 Å². The third-order valence-corrected chi connectivity index (χ3v) is 4.22. The lowest BCUT2D eigenvalue weighted by Crippen LogP contribution is -2.50. The summed E-state index contributed by atoms with van der Waals surface area (Å²) in [7, 11) is 0. The lowest BCUT2D eigenvalue weighted by molar-refractivity contribution is 0.0240. The molecule has 0 spiro atoms. The Morgan fingerprint density at radius 2 is 1.73 bits per heavy atom. The molecule has 0 atom stereocenters. The molecule has 1 fully saturated rings. The normalized spacial score (nSPS) is 15.8. The van der Waals surface area contributed by atoms with Crippen LogP contribution in [0.4, 0.5) is 23.4 Å². The Morgan fingerprint density at radius 3 is 2.19 bits per heavy atom. The maximum atomic E-state index is 13.2. The first kappa shape index (κ1) is 20.1. The van der Waals surface area contributed by atoms with Gasteiger partial charge in [-0.3, -0.25) is 4.79 Å². The van der Waals surface area contributed by atoms with Crippen LogP contribution in [0.2, 0.25) is 0 Å². The second-order valence-electron chi connectivity index (χ2n) is 7.40. The van der Waals surface area contributed by atoms with Gasteiger partial charge in [-0.05, 0) is 33.3 Å². The van der Waals surface area contributed by atoms with Crippen LogP contribution in [0.15, 0.2) is 12.1 Å². The van der Waals surface area contributed by atoms with E-state index >= 15 is 0 Å². The molecule has 0 bridgehead atoms. The summed E-state index contributed by atoms with van der Waals surface area (Å²) in [6.45, 7) is 3.16. The van der Waals surface area contributed by atoms with Crippen LogP contribution in [0.3, 0.4) is 0 Å². The zero-order chi connectivity index (χ0) is 19.7. The van der Waals surface area contributed by atoms with Crippen molar-refractivity contribution in [2.45, 2.75) is 33.3 Å². The standard InChI is InChI=1S/C17H23BF3N2O3/c1-12-13(11-24)9-14(18(19,20)21)10-15(12)22-5-7-23(8-6-22)16(25)26-17(2,3)4/h9-11H,5-8H2,1-4H3/q-1. The van der Waals surface area contributed by atoms with Crippen LogP contribution < -0.4 is 10.4 Å². The highest BCUT2D eigenvalue weighted by molar-refractivity contribution is 6.73. The minimum absolute atomic E-state index is 0.0336. The number of anilines is 1. The molecule has 1 saturated heterocycles. The molecular weight excluding hydrogens is 348 g/mol. The van der Waals surface area contributed by atoms with Crippen LogP contribution in [0.5, 0.6) is 0 Å². The van der Waals surface area contributed by atoms with Crippen LogP contribution >= 0.6 is 0 Å². The van der Waals surface area contributed by atoms with Gasteiger partial charge >= 0.3 is 13.1 Å². The number of hydrogen-bond acceptors (Lipinski definition) is 4. The SMILES string of the molecule is Cc1c(C=O)cc([B-](F)(F)F)cc1N1CCN(C(=O)OC(C)(C)C)CC1. The number of ether oxygens (including phenoxy) is 1. The Bertz CT molecular complexity index is 694. The van der Waals surface area contributed by atoms with Crippen molar-refractivity contribution in [3.05, 3.63) is 23.3 Å². The summed E-state index contributed by atoms with van der Waals surface area (Å²) < 4.78 is 44.8. The number of benzene rings is 1. The number of rotatable bonds is 3. The number of carbonyl (C=O) groups is 2. The molecule has 1 aromatic carbocycles. The van der Waals surface area contributed by atoms with Crippen molar-refractivity contribution in [2.24, 2.45) is 0 Å². The number of piperazine rings is 1. The smallest absolute Gasteiger partial charge is 0.445 e. The fourth-order valence-corrected chi connectivity index (χ4v) is 2.84. The highest BCUT2D eigenvalue weighted by Gasteiger charge is 2.30. The molecule has 1 aliphatic heterocycles. The van der Waals surface area contributed by atoms with Crippen molar-refractivity contribution < 1.29 is 27.3 Å². The minimum Gasteiger partial charge on any atom is -0.445 e. The van der Waals surface area contributed by atoms with Gasteiger partial charge in [-0.15, -0.1) is 5.46 Å². The highest BCUT2D eigenvalue weighted by atomic mass is 19.4. The molecular formula is C17H23BF3N2O3-. The maximum absolute atomic E-state index is 13.2. The summed E-state index contributed by atoms with van der Waals surface area (Å²) in [6, 6.07) is 1.98. The van der Waals surface area contributed by atoms with Crippen molar-refractivity contribution in [3.8, 4) is 0 Å². The van der Waals surface area contributed by atoms with Gasteiger partial charge in [0.15, 0.2) is 0 Å². The largest absolute Gasteiger partial charge is 0.509 e. The fourth-order valence-electron chi connectivity index (χ4n) is 2.84. The van der Waals surface area contributed by atoms with E-state index in [2.05, 4.69) is 0 Å². The molecule has 9 heteroatoms. The third-order valence-electron chi connectivity index (χ3n) is 4.22.